The van der Waals surface area contributed by atoms with E-state index < -0.39 is 0 Å². The first-order chi connectivity index (χ1) is 6.61. The standard InChI is InChI=1S/C8H11N3O2S/c1-5-7(13-4-11-5)8(12)10-3-2-6(9)14/h4H,2-3H2,1H3,(H2,9,14)(H,10,12). The third-order valence-corrected chi connectivity index (χ3v) is 1.81. The fourth-order valence-electron chi connectivity index (χ4n) is 0.899. The number of hydrogen-bond acceptors (Lipinski definition) is 4. The van der Waals surface area contributed by atoms with Crippen LogP contribution in [0.5, 0.6) is 0 Å². The lowest BCUT2D eigenvalue weighted by Crippen LogP contribution is -2.27. The van der Waals surface area contributed by atoms with Crippen LogP contribution in [-0.2, 0) is 0 Å². The Bertz CT molecular complexity index is 348. The molecule has 1 aromatic heterocycles. The molecule has 0 aromatic carbocycles. The summed E-state index contributed by atoms with van der Waals surface area (Å²) < 4.78 is 4.90. The van der Waals surface area contributed by atoms with Crippen molar-refractivity contribution in [1.29, 1.82) is 0 Å². The van der Waals surface area contributed by atoms with Crippen LogP contribution < -0.4 is 11.1 Å². The molecule has 0 atom stereocenters. The van der Waals surface area contributed by atoms with Gasteiger partial charge in [0.15, 0.2) is 6.39 Å². The van der Waals surface area contributed by atoms with Crippen molar-refractivity contribution in [3.8, 4) is 0 Å². The summed E-state index contributed by atoms with van der Waals surface area (Å²) in [6.07, 6.45) is 1.71. The van der Waals surface area contributed by atoms with Gasteiger partial charge >= 0.3 is 0 Å². The van der Waals surface area contributed by atoms with Gasteiger partial charge in [0.2, 0.25) is 5.76 Å². The van der Waals surface area contributed by atoms with Gasteiger partial charge < -0.3 is 15.5 Å². The van der Waals surface area contributed by atoms with Crippen molar-refractivity contribution in [1.82, 2.24) is 10.3 Å². The highest BCUT2D eigenvalue weighted by atomic mass is 32.1. The summed E-state index contributed by atoms with van der Waals surface area (Å²) in [4.78, 5) is 15.6. The summed E-state index contributed by atoms with van der Waals surface area (Å²) in [6.45, 7) is 2.11. The Morgan fingerprint density at radius 2 is 2.50 bits per heavy atom. The van der Waals surface area contributed by atoms with E-state index in [2.05, 4.69) is 22.5 Å². The Labute approximate surface area is 86.7 Å². The molecule has 0 radical (unpaired) electrons. The predicted octanol–water partition coefficient (Wildman–Crippen LogP) is 0.389. The molecule has 1 aromatic rings. The Morgan fingerprint density at radius 3 is 3.00 bits per heavy atom. The molecule has 0 fully saturated rings. The minimum atomic E-state index is -0.295. The second-order valence-electron chi connectivity index (χ2n) is 2.74. The molecule has 5 nitrogen and oxygen atoms in total. The molecule has 1 amide bonds. The molecule has 0 unspecified atom stereocenters. The third kappa shape index (κ3) is 2.81. The lowest BCUT2D eigenvalue weighted by molar-refractivity contribution is 0.0926. The molecular weight excluding hydrogens is 202 g/mol. The molecule has 1 heterocycles. The van der Waals surface area contributed by atoms with Crippen LogP contribution in [0.15, 0.2) is 10.8 Å². The first-order valence-electron chi connectivity index (χ1n) is 4.08. The molecule has 0 aliphatic rings. The van der Waals surface area contributed by atoms with Crippen LogP contribution in [0.25, 0.3) is 0 Å². The fraction of sp³-hybridized carbons (Fsp3) is 0.375. The minimum absolute atomic E-state index is 0.230. The van der Waals surface area contributed by atoms with Gasteiger partial charge in [-0.2, -0.15) is 0 Å². The van der Waals surface area contributed by atoms with Crippen molar-refractivity contribution in [2.24, 2.45) is 5.73 Å². The number of oxazole rings is 1. The number of nitrogens with two attached hydrogens (primary N) is 1. The minimum Gasteiger partial charge on any atom is -0.438 e. The van der Waals surface area contributed by atoms with Crippen molar-refractivity contribution in [2.75, 3.05) is 6.54 Å². The zero-order valence-electron chi connectivity index (χ0n) is 7.74. The van der Waals surface area contributed by atoms with E-state index in [4.69, 9.17) is 10.2 Å². The summed E-state index contributed by atoms with van der Waals surface area (Å²) in [7, 11) is 0. The number of hydrogen-bond donors (Lipinski definition) is 2. The van der Waals surface area contributed by atoms with E-state index in [1.54, 1.807) is 6.92 Å². The zero-order chi connectivity index (χ0) is 10.6. The Morgan fingerprint density at radius 1 is 1.79 bits per heavy atom. The average molecular weight is 213 g/mol. The molecule has 76 valence electrons. The summed E-state index contributed by atoms with van der Waals surface area (Å²) in [5.41, 5.74) is 5.84. The van der Waals surface area contributed by atoms with E-state index in [0.717, 1.165) is 0 Å². The maximum atomic E-state index is 11.4. The number of rotatable bonds is 4. The topological polar surface area (TPSA) is 81.2 Å². The molecule has 1 rings (SSSR count). The molecule has 0 bridgehead atoms. The van der Waals surface area contributed by atoms with Gasteiger partial charge in [-0.25, -0.2) is 4.98 Å². The number of carbonyl (C=O) groups excluding carboxylic acids is 1. The molecule has 0 aliphatic carbocycles. The molecule has 0 spiro atoms. The van der Waals surface area contributed by atoms with Crippen molar-refractivity contribution in [3.05, 3.63) is 17.8 Å². The van der Waals surface area contributed by atoms with Crippen LogP contribution in [0.1, 0.15) is 22.7 Å². The third-order valence-electron chi connectivity index (χ3n) is 1.61. The van der Waals surface area contributed by atoms with Gasteiger partial charge in [-0.15, -0.1) is 0 Å². The van der Waals surface area contributed by atoms with Crippen LogP contribution in [0.4, 0.5) is 0 Å². The van der Waals surface area contributed by atoms with Crippen molar-refractivity contribution < 1.29 is 9.21 Å². The summed E-state index contributed by atoms with van der Waals surface area (Å²) >= 11 is 4.66. The Balaban J connectivity index is 2.44. The number of aromatic nitrogens is 1. The van der Waals surface area contributed by atoms with E-state index >= 15 is 0 Å². The highest BCUT2D eigenvalue weighted by molar-refractivity contribution is 7.80. The smallest absolute Gasteiger partial charge is 0.289 e. The first-order valence-corrected chi connectivity index (χ1v) is 4.48. The molecule has 14 heavy (non-hydrogen) atoms. The monoisotopic (exact) mass is 213 g/mol. The SMILES string of the molecule is Cc1ncoc1C(=O)NCCC(N)=S. The van der Waals surface area contributed by atoms with E-state index in [1.165, 1.54) is 6.39 Å². The van der Waals surface area contributed by atoms with Gasteiger partial charge in [-0.1, -0.05) is 12.2 Å². The molecule has 0 saturated heterocycles. The van der Waals surface area contributed by atoms with Gasteiger partial charge in [0.05, 0.1) is 10.7 Å². The quantitative estimate of drug-likeness (QED) is 0.707. The van der Waals surface area contributed by atoms with Crippen LogP contribution in [0.3, 0.4) is 0 Å². The van der Waals surface area contributed by atoms with Crippen molar-refractivity contribution in [3.63, 3.8) is 0 Å². The average Bonchev–Trinajstić information content (AvgIpc) is 2.50. The van der Waals surface area contributed by atoms with Gasteiger partial charge in [-0.05, 0) is 6.92 Å². The van der Waals surface area contributed by atoms with E-state index in [1.807, 2.05) is 0 Å². The fourth-order valence-corrected chi connectivity index (χ4v) is 1.00. The number of aryl methyl sites for hydroxylation is 1. The zero-order valence-corrected chi connectivity index (χ0v) is 8.56. The van der Waals surface area contributed by atoms with E-state index in [0.29, 0.717) is 23.6 Å². The Kier molecular flexibility index (Phi) is 3.58. The largest absolute Gasteiger partial charge is 0.438 e. The molecule has 0 saturated carbocycles. The molecule has 0 aliphatic heterocycles. The predicted molar refractivity (Wildman–Crippen MR) is 55.0 cm³/mol. The normalized spacial score (nSPS) is 9.79. The maximum absolute atomic E-state index is 11.4. The highest BCUT2D eigenvalue weighted by Crippen LogP contribution is 2.03. The summed E-state index contributed by atoms with van der Waals surface area (Å²) in [6, 6.07) is 0. The maximum Gasteiger partial charge on any atom is 0.289 e. The Hall–Kier alpha value is -1.43. The van der Waals surface area contributed by atoms with Crippen LogP contribution in [0.2, 0.25) is 0 Å². The van der Waals surface area contributed by atoms with Crippen LogP contribution >= 0.6 is 12.2 Å². The van der Waals surface area contributed by atoms with Gasteiger partial charge in [-0.3, -0.25) is 4.79 Å². The lowest BCUT2D eigenvalue weighted by Gasteiger charge is -2.01. The van der Waals surface area contributed by atoms with Gasteiger partial charge in [0.1, 0.15) is 0 Å². The summed E-state index contributed by atoms with van der Waals surface area (Å²) in [5.74, 6) is -0.0656. The van der Waals surface area contributed by atoms with Crippen LogP contribution in [0, 0.1) is 6.92 Å². The van der Waals surface area contributed by atoms with E-state index in [-0.39, 0.29) is 11.7 Å². The number of nitrogens with zero attached hydrogens (tertiary/aromatic N) is 1. The second-order valence-corrected chi connectivity index (χ2v) is 3.26. The van der Waals surface area contributed by atoms with E-state index in [9.17, 15) is 4.79 Å². The number of nitrogens with one attached hydrogen (secondary N) is 1. The molecular formula is C8H11N3O2S. The second kappa shape index (κ2) is 4.71. The van der Waals surface area contributed by atoms with Crippen LogP contribution in [-0.4, -0.2) is 22.4 Å². The number of amides is 1. The highest BCUT2D eigenvalue weighted by Gasteiger charge is 2.12. The summed E-state index contributed by atoms with van der Waals surface area (Å²) in [5, 5.41) is 2.62. The number of thiocarbonyl (C=S) groups is 1. The lowest BCUT2D eigenvalue weighted by atomic mass is 10.3. The molecule has 6 heteroatoms. The van der Waals surface area contributed by atoms with Crippen molar-refractivity contribution >= 4 is 23.1 Å². The van der Waals surface area contributed by atoms with Crippen molar-refractivity contribution in [2.45, 2.75) is 13.3 Å². The van der Waals surface area contributed by atoms with Gasteiger partial charge in [0.25, 0.3) is 5.91 Å². The number of carbonyl (C=O) groups is 1. The molecule has 3 N–H and O–H groups in total. The first kappa shape index (κ1) is 10.6. The van der Waals surface area contributed by atoms with Gasteiger partial charge in [0, 0.05) is 13.0 Å².